The molecule has 0 radical (unpaired) electrons. The topological polar surface area (TPSA) is 43.4 Å². The van der Waals surface area contributed by atoms with E-state index < -0.39 is 28.7 Å². The van der Waals surface area contributed by atoms with Crippen LogP contribution in [0.4, 0.5) is 8.78 Å². The molecule has 1 rings (SSSR count). The van der Waals surface area contributed by atoms with Gasteiger partial charge < -0.3 is 4.74 Å². The summed E-state index contributed by atoms with van der Waals surface area (Å²) >= 11 is 0. The van der Waals surface area contributed by atoms with Gasteiger partial charge in [0.1, 0.15) is 11.6 Å². The zero-order valence-electron chi connectivity index (χ0n) is 7.21. The first kappa shape index (κ1) is 10.3. The first-order valence-electron chi connectivity index (χ1n) is 3.62. The van der Waals surface area contributed by atoms with Gasteiger partial charge in [-0.15, -0.1) is 0 Å². The van der Waals surface area contributed by atoms with Gasteiger partial charge in [0.25, 0.3) is 0 Å². The highest BCUT2D eigenvalue weighted by Crippen LogP contribution is 2.14. The molecule has 0 saturated heterocycles. The maximum absolute atomic E-state index is 13.2. The van der Waals surface area contributed by atoms with Crippen molar-refractivity contribution in [1.29, 1.82) is 0 Å². The predicted octanol–water partition coefficient (Wildman–Crippen LogP) is 1.56. The average Bonchev–Trinajstić information content (AvgIpc) is 2.19. The number of methoxy groups -OCH3 is 1. The molecule has 0 aromatic heterocycles. The molecule has 0 amide bonds. The van der Waals surface area contributed by atoms with E-state index in [1.54, 1.807) is 0 Å². The van der Waals surface area contributed by atoms with Crippen LogP contribution in [0.15, 0.2) is 12.1 Å². The van der Waals surface area contributed by atoms with E-state index in [0.29, 0.717) is 12.1 Å². The van der Waals surface area contributed by atoms with Crippen LogP contribution >= 0.6 is 0 Å². The van der Waals surface area contributed by atoms with E-state index in [-0.39, 0.29) is 6.29 Å². The molecule has 0 aliphatic carbocycles. The third kappa shape index (κ3) is 1.76. The molecule has 0 spiro atoms. The minimum absolute atomic E-state index is 0.130. The van der Waals surface area contributed by atoms with E-state index in [4.69, 9.17) is 0 Å². The van der Waals surface area contributed by atoms with E-state index in [2.05, 4.69) is 4.74 Å². The van der Waals surface area contributed by atoms with Gasteiger partial charge >= 0.3 is 5.97 Å². The highest BCUT2D eigenvalue weighted by atomic mass is 19.1. The highest BCUT2D eigenvalue weighted by molar-refractivity contribution is 5.92. The average molecular weight is 200 g/mol. The molecular weight excluding hydrogens is 194 g/mol. The van der Waals surface area contributed by atoms with Crippen molar-refractivity contribution in [2.75, 3.05) is 7.11 Å². The maximum Gasteiger partial charge on any atom is 0.340 e. The third-order valence-corrected chi connectivity index (χ3v) is 1.60. The second-order valence-corrected chi connectivity index (χ2v) is 2.47. The summed E-state index contributed by atoms with van der Waals surface area (Å²) < 4.78 is 30.2. The minimum Gasteiger partial charge on any atom is -0.465 e. The lowest BCUT2D eigenvalue weighted by atomic mass is 10.1. The summed E-state index contributed by atoms with van der Waals surface area (Å²) in [5.41, 5.74) is -1.10. The van der Waals surface area contributed by atoms with E-state index in [1.165, 1.54) is 0 Å². The maximum atomic E-state index is 13.2. The largest absolute Gasteiger partial charge is 0.465 e. The number of hydrogen-bond donors (Lipinski definition) is 0. The minimum atomic E-state index is -1.08. The monoisotopic (exact) mass is 200 g/mol. The number of rotatable bonds is 2. The molecule has 74 valence electrons. The molecule has 1 aromatic rings. The number of carbonyl (C=O) groups excluding carboxylic acids is 2. The lowest BCUT2D eigenvalue weighted by Gasteiger charge is -2.02. The third-order valence-electron chi connectivity index (χ3n) is 1.60. The van der Waals surface area contributed by atoms with Crippen molar-refractivity contribution in [3.05, 3.63) is 34.9 Å². The van der Waals surface area contributed by atoms with Gasteiger partial charge in [-0.2, -0.15) is 0 Å². The van der Waals surface area contributed by atoms with Gasteiger partial charge in [-0.25, -0.2) is 13.6 Å². The van der Waals surface area contributed by atoms with Gasteiger partial charge in [0, 0.05) is 0 Å². The van der Waals surface area contributed by atoms with Gasteiger partial charge in [-0.05, 0) is 12.1 Å². The van der Waals surface area contributed by atoms with Gasteiger partial charge in [0.15, 0.2) is 6.29 Å². The molecule has 0 heterocycles. The SMILES string of the molecule is COC(=O)c1cc(F)cc(C=O)c1F. The summed E-state index contributed by atoms with van der Waals surface area (Å²) in [7, 11) is 1.03. The zero-order chi connectivity index (χ0) is 10.7. The summed E-state index contributed by atoms with van der Waals surface area (Å²) in [4.78, 5) is 21.2. The van der Waals surface area contributed by atoms with Crippen molar-refractivity contribution in [3.63, 3.8) is 0 Å². The first-order valence-corrected chi connectivity index (χ1v) is 3.62. The van der Waals surface area contributed by atoms with E-state index in [0.717, 1.165) is 7.11 Å². The summed E-state index contributed by atoms with van der Waals surface area (Å²) in [6.45, 7) is 0. The Bertz CT molecular complexity index is 388. The number of benzene rings is 1. The molecule has 14 heavy (non-hydrogen) atoms. The fraction of sp³-hybridized carbons (Fsp3) is 0.111. The Kier molecular flexibility index (Phi) is 2.91. The predicted molar refractivity (Wildman–Crippen MR) is 43.1 cm³/mol. The Morgan fingerprint density at radius 2 is 2.07 bits per heavy atom. The molecule has 0 unspecified atom stereocenters. The van der Waals surface area contributed by atoms with Crippen LogP contribution < -0.4 is 0 Å². The molecule has 3 nitrogen and oxygen atoms in total. The van der Waals surface area contributed by atoms with E-state index >= 15 is 0 Å². The molecule has 0 bridgehead atoms. The Balaban J connectivity index is 3.36. The summed E-state index contributed by atoms with van der Waals surface area (Å²) in [5, 5.41) is 0. The number of halogens is 2. The molecule has 0 aliphatic rings. The fourth-order valence-corrected chi connectivity index (χ4v) is 0.955. The van der Waals surface area contributed by atoms with E-state index in [9.17, 15) is 18.4 Å². The number of hydrogen-bond acceptors (Lipinski definition) is 3. The molecule has 0 N–H and O–H groups in total. The summed E-state index contributed by atoms with van der Waals surface area (Å²) in [5.74, 6) is -2.97. The van der Waals surface area contributed by atoms with Crippen LogP contribution in [0.1, 0.15) is 20.7 Å². The van der Waals surface area contributed by atoms with Crippen LogP contribution in [0.2, 0.25) is 0 Å². The van der Waals surface area contributed by atoms with Crippen molar-refractivity contribution in [1.82, 2.24) is 0 Å². The molecule has 0 fully saturated rings. The van der Waals surface area contributed by atoms with Crippen LogP contribution in [0, 0.1) is 11.6 Å². The molecule has 0 aliphatic heterocycles. The number of ether oxygens (including phenoxy) is 1. The second-order valence-electron chi connectivity index (χ2n) is 2.47. The normalized spacial score (nSPS) is 9.64. The van der Waals surface area contributed by atoms with Crippen molar-refractivity contribution < 1.29 is 23.1 Å². The quantitative estimate of drug-likeness (QED) is 0.537. The van der Waals surface area contributed by atoms with Crippen molar-refractivity contribution >= 4 is 12.3 Å². The van der Waals surface area contributed by atoms with Crippen LogP contribution in [0.5, 0.6) is 0 Å². The Morgan fingerprint density at radius 1 is 1.43 bits per heavy atom. The number of aldehydes is 1. The van der Waals surface area contributed by atoms with Crippen LogP contribution in [-0.2, 0) is 4.74 Å². The van der Waals surface area contributed by atoms with Crippen LogP contribution in [0.25, 0.3) is 0 Å². The van der Waals surface area contributed by atoms with Crippen LogP contribution in [0.3, 0.4) is 0 Å². The summed E-state index contributed by atoms with van der Waals surface area (Å²) in [6, 6.07) is 1.38. The molecule has 5 heteroatoms. The van der Waals surface area contributed by atoms with Crippen LogP contribution in [-0.4, -0.2) is 19.4 Å². The zero-order valence-corrected chi connectivity index (χ0v) is 7.21. The van der Waals surface area contributed by atoms with E-state index in [1.807, 2.05) is 0 Å². The molecule has 0 atom stereocenters. The molecule has 1 aromatic carbocycles. The standard InChI is InChI=1S/C9H6F2O3/c1-14-9(13)7-3-6(10)2-5(4-12)8(7)11/h2-4H,1H3. The lowest BCUT2D eigenvalue weighted by Crippen LogP contribution is -2.07. The summed E-state index contributed by atoms with van der Waals surface area (Å²) in [6.07, 6.45) is 0.130. The molecular formula is C9H6F2O3. The van der Waals surface area contributed by atoms with Gasteiger partial charge in [0.2, 0.25) is 0 Å². The Hall–Kier alpha value is -1.78. The smallest absolute Gasteiger partial charge is 0.340 e. The lowest BCUT2D eigenvalue weighted by molar-refractivity contribution is 0.0595. The van der Waals surface area contributed by atoms with Crippen molar-refractivity contribution in [2.45, 2.75) is 0 Å². The Morgan fingerprint density at radius 3 is 2.57 bits per heavy atom. The fourth-order valence-electron chi connectivity index (χ4n) is 0.955. The number of carbonyl (C=O) groups is 2. The van der Waals surface area contributed by atoms with Gasteiger partial charge in [-0.3, -0.25) is 4.79 Å². The van der Waals surface area contributed by atoms with Crippen molar-refractivity contribution in [3.8, 4) is 0 Å². The Labute approximate surface area is 78.3 Å². The van der Waals surface area contributed by atoms with Gasteiger partial charge in [0.05, 0.1) is 18.2 Å². The highest BCUT2D eigenvalue weighted by Gasteiger charge is 2.17. The molecule has 0 saturated carbocycles. The van der Waals surface area contributed by atoms with Gasteiger partial charge in [-0.1, -0.05) is 0 Å². The first-order chi connectivity index (χ1) is 6.60. The number of esters is 1. The van der Waals surface area contributed by atoms with Crippen molar-refractivity contribution in [2.24, 2.45) is 0 Å². The second kappa shape index (κ2) is 3.95.